The van der Waals surface area contributed by atoms with Crippen molar-refractivity contribution in [3.05, 3.63) is 24.3 Å². The van der Waals surface area contributed by atoms with Crippen LogP contribution in [0.2, 0.25) is 0 Å². The molecule has 0 N–H and O–H groups in total. The van der Waals surface area contributed by atoms with Gasteiger partial charge in [-0.05, 0) is 25.2 Å². The van der Waals surface area contributed by atoms with E-state index in [1.165, 1.54) is 24.8 Å². The average molecular weight is 180 g/mol. The molecule has 0 aromatic heterocycles. The lowest BCUT2D eigenvalue weighted by Crippen LogP contribution is -2.12. The van der Waals surface area contributed by atoms with Crippen LogP contribution < -0.4 is 0 Å². The van der Waals surface area contributed by atoms with Crippen LogP contribution in [0.3, 0.4) is 0 Å². The summed E-state index contributed by atoms with van der Waals surface area (Å²) in [4.78, 5) is 0. The number of hydrogen-bond donors (Lipinski definition) is 0. The van der Waals surface area contributed by atoms with E-state index in [1.54, 1.807) is 0 Å². The van der Waals surface area contributed by atoms with Gasteiger partial charge >= 0.3 is 0 Å². The predicted molar refractivity (Wildman–Crippen MR) is 61.9 cm³/mol. The van der Waals surface area contributed by atoms with E-state index in [4.69, 9.17) is 0 Å². The van der Waals surface area contributed by atoms with E-state index in [-0.39, 0.29) is 0 Å². The second-order valence-corrected chi connectivity index (χ2v) is 4.27. The summed E-state index contributed by atoms with van der Waals surface area (Å²) in [6.45, 7) is 12.9. The molecule has 0 radical (unpaired) electrons. The summed E-state index contributed by atoms with van der Waals surface area (Å²) < 4.78 is 0. The Kier molecular flexibility index (Phi) is 5.77. The third kappa shape index (κ3) is 4.92. The first-order chi connectivity index (χ1) is 6.08. The lowest BCUT2D eigenvalue weighted by Gasteiger charge is -2.25. The zero-order valence-corrected chi connectivity index (χ0v) is 9.69. The van der Waals surface area contributed by atoms with Crippen molar-refractivity contribution >= 4 is 0 Å². The molecule has 0 heteroatoms. The lowest BCUT2D eigenvalue weighted by molar-refractivity contribution is 0.301. The second-order valence-electron chi connectivity index (χ2n) is 4.27. The fraction of sp³-hybridized carbons (Fsp3) is 0.692. The van der Waals surface area contributed by atoms with E-state index in [0.717, 1.165) is 6.42 Å². The van der Waals surface area contributed by atoms with Crippen molar-refractivity contribution in [1.82, 2.24) is 0 Å². The maximum absolute atomic E-state index is 3.74. The molecular formula is C13H24. The average Bonchev–Trinajstić information content (AvgIpc) is 2.15. The Balaban J connectivity index is 4.10. The van der Waals surface area contributed by atoms with Gasteiger partial charge in [-0.1, -0.05) is 51.3 Å². The highest BCUT2D eigenvalue weighted by molar-refractivity contribution is 5.04. The van der Waals surface area contributed by atoms with Gasteiger partial charge in [0.15, 0.2) is 0 Å². The standard InChI is InChI=1S/C13H24/c1-6-9-12(4)10-11-13(5,7-2)8-3/h6,10H,1,7-9,11H2,2-5H3. The molecular weight excluding hydrogens is 156 g/mol. The second kappa shape index (κ2) is 6.01. The van der Waals surface area contributed by atoms with Crippen molar-refractivity contribution in [2.24, 2.45) is 5.41 Å². The van der Waals surface area contributed by atoms with E-state index in [2.05, 4.69) is 40.3 Å². The van der Waals surface area contributed by atoms with Gasteiger partial charge in [0, 0.05) is 0 Å². The molecule has 0 saturated carbocycles. The Bertz CT molecular complexity index is 170. The molecule has 0 aliphatic rings. The molecule has 0 bridgehead atoms. The van der Waals surface area contributed by atoms with E-state index in [0.29, 0.717) is 5.41 Å². The fourth-order valence-corrected chi connectivity index (χ4v) is 1.27. The molecule has 0 aliphatic heterocycles. The monoisotopic (exact) mass is 180 g/mol. The molecule has 0 heterocycles. The number of rotatable bonds is 6. The largest absolute Gasteiger partial charge is 0.103 e. The highest BCUT2D eigenvalue weighted by Gasteiger charge is 2.17. The van der Waals surface area contributed by atoms with E-state index in [9.17, 15) is 0 Å². The van der Waals surface area contributed by atoms with E-state index < -0.39 is 0 Å². The van der Waals surface area contributed by atoms with Gasteiger partial charge in [-0.25, -0.2) is 0 Å². The van der Waals surface area contributed by atoms with Crippen LogP contribution in [0.5, 0.6) is 0 Å². The van der Waals surface area contributed by atoms with Crippen LogP contribution >= 0.6 is 0 Å². The van der Waals surface area contributed by atoms with Crippen molar-refractivity contribution in [2.75, 3.05) is 0 Å². The van der Waals surface area contributed by atoms with Crippen LogP contribution in [0.1, 0.15) is 53.4 Å². The van der Waals surface area contributed by atoms with Crippen LogP contribution in [0.25, 0.3) is 0 Å². The molecule has 0 aliphatic carbocycles. The Morgan fingerprint density at radius 1 is 1.31 bits per heavy atom. The molecule has 0 atom stereocenters. The van der Waals surface area contributed by atoms with Crippen LogP contribution in [0, 0.1) is 5.41 Å². The number of hydrogen-bond acceptors (Lipinski definition) is 0. The van der Waals surface area contributed by atoms with Gasteiger partial charge in [-0.15, -0.1) is 6.58 Å². The smallest absolute Gasteiger partial charge is 0.0144 e. The fourth-order valence-electron chi connectivity index (χ4n) is 1.27. The lowest BCUT2D eigenvalue weighted by atomic mass is 9.81. The summed E-state index contributed by atoms with van der Waals surface area (Å²) in [5.41, 5.74) is 1.95. The van der Waals surface area contributed by atoms with Gasteiger partial charge in [0.05, 0.1) is 0 Å². The zero-order chi connectivity index (χ0) is 10.3. The first kappa shape index (κ1) is 12.5. The van der Waals surface area contributed by atoms with Crippen molar-refractivity contribution in [3.63, 3.8) is 0 Å². The minimum Gasteiger partial charge on any atom is -0.103 e. The minimum absolute atomic E-state index is 0.502. The quantitative estimate of drug-likeness (QED) is 0.519. The Morgan fingerprint density at radius 3 is 2.23 bits per heavy atom. The van der Waals surface area contributed by atoms with Crippen LogP contribution in [0.4, 0.5) is 0 Å². The highest BCUT2D eigenvalue weighted by Crippen LogP contribution is 2.30. The van der Waals surface area contributed by atoms with Gasteiger partial charge in [0.1, 0.15) is 0 Å². The summed E-state index contributed by atoms with van der Waals surface area (Å²) >= 11 is 0. The summed E-state index contributed by atoms with van der Waals surface area (Å²) in [5.74, 6) is 0. The summed E-state index contributed by atoms with van der Waals surface area (Å²) in [6.07, 6.45) is 9.11. The Hall–Kier alpha value is -0.520. The highest BCUT2D eigenvalue weighted by atomic mass is 14.2. The Morgan fingerprint density at radius 2 is 1.85 bits per heavy atom. The molecule has 0 saturated heterocycles. The third-order valence-electron chi connectivity index (χ3n) is 3.12. The van der Waals surface area contributed by atoms with Crippen LogP contribution in [-0.4, -0.2) is 0 Å². The summed E-state index contributed by atoms with van der Waals surface area (Å²) in [7, 11) is 0. The molecule has 0 rings (SSSR count). The molecule has 0 aromatic carbocycles. The molecule has 76 valence electrons. The minimum atomic E-state index is 0.502. The SMILES string of the molecule is C=CCC(C)=CCC(C)(CC)CC. The van der Waals surface area contributed by atoms with E-state index in [1.807, 2.05) is 6.08 Å². The van der Waals surface area contributed by atoms with Gasteiger partial charge in [-0.2, -0.15) is 0 Å². The maximum atomic E-state index is 3.74. The molecule has 13 heavy (non-hydrogen) atoms. The molecule has 0 aromatic rings. The van der Waals surface area contributed by atoms with Crippen molar-refractivity contribution in [2.45, 2.75) is 53.4 Å². The molecule has 0 spiro atoms. The first-order valence-corrected chi connectivity index (χ1v) is 5.34. The Labute approximate surface area is 83.7 Å². The van der Waals surface area contributed by atoms with Gasteiger partial charge in [0.25, 0.3) is 0 Å². The molecule has 0 amide bonds. The van der Waals surface area contributed by atoms with Crippen molar-refractivity contribution < 1.29 is 0 Å². The number of allylic oxidation sites excluding steroid dienone is 3. The van der Waals surface area contributed by atoms with Crippen LogP contribution in [-0.2, 0) is 0 Å². The van der Waals surface area contributed by atoms with Crippen molar-refractivity contribution in [3.8, 4) is 0 Å². The molecule has 0 fully saturated rings. The predicted octanol–water partition coefficient (Wildman–Crippen LogP) is 4.73. The zero-order valence-electron chi connectivity index (χ0n) is 9.69. The van der Waals surface area contributed by atoms with Crippen LogP contribution in [0.15, 0.2) is 24.3 Å². The maximum Gasteiger partial charge on any atom is -0.0144 e. The normalized spacial score (nSPS) is 13.1. The first-order valence-electron chi connectivity index (χ1n) is 5.34. The van der Waals surface area contributed by atoms with Gasteiger partial charge in [0.2, 0.25) is 0 Å². The van der Waals surface area contributed by atoms with Gasteiger partial charge in [-0.3, -0.25) is 0 Å². The van der Waals surface area contributed by atoms with E-state index >= 15 is 0 Å². The summed E-state index contributed by atoms with van der Waals surface area (Å²) in [6, 6.07) is 0. The summed E-state index contributed by atoms with van der Waals surface area (Å²) in [5, 5.41) is 0. The van der Waals surface area contributed by atoms with Gasteiger partial charge < -0.3 is 0 Å². The third-order valence-corrected chi connectivity index (χ3v) is 3.12. The van der Waals surface area contributed by atoms with Crippen molar-refractivity contribution in [1.29, 1.82) is 0 Å². The molecule has 0 nitrogen and oxygen atoms in total. The topological polar surface area (TPSA) is 0 Å². The molecule has 0 unspecified atom stereocenters.